The molecule has 5 rings (SSSR count). The highest BCUT2D eigenvalue weighted by Gasteiger charge is 2.30. The molecule has 39 heavy (non-hydrogen) atoms. The van der Waals surface area contributed by atoms with Crippen LogP contribution in [0.25, 0.3) is 10.9 Å². The Balaban J connectivity index is 1.19. The third kappa shape index (κ3) is 5.92. The Morgan fingerprint density at radius 1 is 0.795 bits per heavy atom. The van der Waals surface area contributed by atoms with Gasteiger partial charge in [-0.3, -0.25) is 9.78 Å². The monoisotopic (exact) mass is 537 g/mol. The normalized spacial score (nSPS) is 13.8. The van der Waals surface area contributed by atoms with E-state index in [1.807, 2.05) is 0 Å². The van der Waals surface area contributed by atoms with Crippen molar-refractivity contribution in [3.63, 3.8) is 0 Å². The SMILES string of the molecule is O=C(Nc1ccc(F)cc1)N1CCN(C(=O)c2ccc(Nc3ccnc4cc(C(F)(F)F)ccc34)cc2)CC1. The van der Waals surface area contributed by atoms with Crippen LogP contribution in [0.15, 0.2) is 79.0 Å². The Kier molecular flexibility index (Phi) is 7.05. The van der Waals surface area contributed by atoms with E-state index in [0.29, 0.717) is 54.2 Å². The lowest BCUT2D eigenvalue weighted by Gasteiger charge is -2.34. The molecule has 2 heterocycles. The number of halogens is 4. The van der Waals surface area contributed by atoms with Crippen LogP contribution in [0.1, 0.15) is 15.9 Å². The fraction of sp³-hybridized carbons (Fsp3) is 0.179. The van der Waals surface area contributed by atoms with E-state index < -0.39 is 17.6 Å². The summed E-state index contributed by atoms with van der Waals surface area (Å²) in [6, 6.07) is 17.0. The maximum Gasteiger partial charge on any atom is 0.416 e. The van der Waals surface area contributed by atoms with Gasteiger partial charge in [-0.1, -0.05) is 6.07 Å². The zero-order valence-electron chi connectivity index (χ0n) is 20.5. The van der Waals surface area contributed by atoms with Gasteiger partial charge in [0.1, 0.15) is 5.82 Å². The van der Waals surface area contributed by atoms with Crippen molar-refractivity contribution >= 4 is 39.9 Å². The second-order valence-electron chi connectivity index (χ2n) is 9.01. The predicted molar refractivity (Wildman–Crippen MR) is 139 cm³/mol. The number of piperazine rings is 1. The number of hydrogen-bond acceptors (Lipinski definition) is 4. The summed E-state index contributed by atoms with van der Waals surface area (Å²) in [4.78, 5) is 32.8. The van der Waals surface area contributed by atoms with Gasteiger partial charge in [-0.25, -0.2) is 9.18 Å². The second kappa shape index (κ2) is 10.6. The molecule has 3 aromatic carbocycles. The number of rotatable bonds is 4. The maximum atomic E-state index is 13.1. The van der Waals surface area contributed by atoms with E-state index in [9.17, 15) is 27.2 Å². The number of carbonyl (C=O) groups is 2. The lowest BCUT2D eigenvalue weighted by Crippen LogP contribution is -2.51. The maximum absolute atomic E-state index is 13.1. The van der Waals surface area contributed by atoms with E-state index in [0.717, 1.165) is 12.1 Å². The minimum Gasteiger partial charge on any atom is -0.355 e. The number of alkyl halides is 3. The van der Waals surface area contributed by atoms with Crippen molar-refractivity contribution in [1.29, 1.82) is 0 Å². The van der Waals surface area contributed by atoms with E-state index in [1.54, 1.807) is 40.1 Å². The van der Waals surface area contributed by atoms with Crippen LogP contribution >= 0.6 is 0 Å². The third-order valence-electron chi connectivity index (χ3n) is 6.43. The zero-order valence-corrected chi connectivity index (χ0v) is 20.5. The van der Waals surface area contributed by atoms with Gasteiger partial charge in [-0.05, 0) is 66.7 Å². The minimum atomic E-state index is -4.45. The summed E-state index contributed by atoms with van der Waals surface area (Å²) in [5.74, 6) is -0.563. The molecule has 2 N–H and O–H groups in total. The van der Waals surface area contributed by atoms with Crippen molar-refractivity contribution < 1.29 is 27.2 Å². The van der Waals surface area contributed by atoms with Crippen LogP contribution < -0.4 is 10.6 Å². The van der Waals surface area contributed by atoms with Crippen molar-refractivity contribution in [3.8, 4) is 0 Å². The van der Waals surface area contributed by atoms with Crippen LogP contribution in [0, 0.1) is 5.82 Å². The number of fused-ring (bicyclic) bond motifs is 1. The summed E-state index contributed by atoms with van der Waals surface area (Å²) in [6.07, 6.45) is -3.02. The molecule has 11 heteroatoms. The first-order chi connectivity index (χ1) is 18.7. The highest BCUT2D eigenvalue weighted by atomic mass is 19.4. The third-order valence-corrected chi connectivity index (χ3v) is 6.43. The topological polar surface area (TPSA) is 77.6 Å². The zero-order chi connectivity index (χ0) is 27.6. The largest absolute Gasteiger partial charge is 0.416 e. The molecule has 0 bridgehead atoms. The number of nitrogens with one attached hydrogen (secondary N) is 2. The number of pyridine rings is 1. The molecular weight excluding hydrogens is 514 g/mol. The van der Waals surface area contributed by atoms with Crippen molar-refractivity contribution in [2.45, 2.75) is 6.18 Å². The van der Waals surface area contributed by atoms with Crippen molar-refractivity contribution in [1.82, 2.24) is 14.8 Å². The molecule has 0 spiro atoms. The Morgan fingerprint density at radius 3 is 2.10 bits per heavy atom. The minimum absolute atomic E-state index is 0.172. The van der Waals surface area contributed by atoms with Gasteiger partial charge in [0.15, 0.2) is 0 Å². The lowest BCUT2D eigenvalue weighted by atomic mass is 10.1. The first kappa shape index (κ1) is 26.0. The molecular formula is C28H23F4N5O2. The number of amides is 3. The number of nitrogens with zero attached hydrogens (tertiary/aromatic N) is 3. The van der Waals surface area contributed by atoms with Crippen LogP contribution in [-0.4, -0.2) is 52.9 Å². The highest BCUT2D eigenvalue weighted by Crippen LogP contribution is 2.33. The molecule has 1 aliphatic rings. The van der Waals surface area contributed by atoms with Crippen LogP contribution in [0.5, 0.6) is 0 Å². The second-order valence-corrected chi connectivity index (χ2v) is 9.01. The van der Waals surface area contributed by atoms with Gasteiger partial charge in [0, 0.05) is 60.4 Å². The molecule has 4 aromatic rings. The van der Waals surface area contributed by atoms with Crippen LogP contribution in [-0.2, 0) is 6.18 Å². The lowest BCUT2D eigenvalue weighted by molar-refractivity contribution is -0.137. The van der Waals surface area contributed by atoms with E-state index in [1.165, 1.54) is 36.5 Å². The highest BCUT2D eigenvalue weighted by molar-refractivity contribution is 5.96. The van der Waals surface area contributed by atoms with Crippen LogP contribution in [0.4, 0.5) is 39.4 Å². The molecule has 0 radical (unpaired) electrons. The van der Waals surface area contributed by atoms with Gasteiger partial charge in [-0.2, -0.15) is 13.2 Å². The van der Waals surface area contributed by atoms with Gasteiger partial charge < -0.3 is 20.4 Å². The Hall–Kier alpha value is -4.67. The summed E-state index contributed by atoms with van der Waals surface area (Å²) in [7, 11) is 0. The van der Waals surface area contributed by atoms with E-state index in [2.05, 4.69) is 15.6 Å². The molecule has 7 nitrogen and oxygen atoms in total. The molecule has 0 aliphatic carbocycles. The summed E-state index contributed by atoms with van der Waals surface area (Å²) in [5, 5.41) is 6.43. The molecule has 0 atom stereocenters. The van der Waals surface area contributed by atoms with Gasteiger partial charge in [0.25, 0.3) is 5.91 Å². The number of urea groups is 1. The molecule has 200 valence electrons. The van der Waals surface area contributed by atoms with Gasteiger partial charge in [0.2, 0.25) is 0 Å². The summed E-state index contributed by atoms with van der Waals surface area (Å²) >= 11 is 0. The summed E-state index contributed by atoms with van der Waals surface area (Å²) < 4.78 is 52.2. The molecule has 1 aliphatic heterocycles. The first-order valence-electron chi connectivity index (χ1n) is 12.1. The molecule has 0 saturated carbocycles. The van der Waals surface area contributed by atoms with Gasteiger partial charge in [0.05, 0.1) is 11.1 Å². The van der Waals surface area contributed by atoms with Crippen molar-refractivity contribution in [2.75, 3.05) is 36.8 Å². The predicted octanol–water partition coefficient (Wildman–Crippen LogP) is 6.13. The summed E-state index contributed by atoms with van der Waals surface area (Å²) in [5.41, 5.74) is 1.65. The Bertz CT molecular complexity index is 1500. The fourth-order valence-corrected chi connectivity index (χ4v) is 4.32. The fourth-order valence-electron chi connectivity index (χ4n) is 4.32. The van der Waals surface area contributed by atoms with Crippen LogP contribution in [0.2, 0.25) is 0 Å². The number of hydrogen-bond donors (Lipinski definition) is 2. The number of benzene rings is 3. The van der Waals surface area contributed by atoms with Crippen LogP contribution in [0.3, 0.4) is 0 Å². The average molecular weight is 538 g/mol. The first-order valence-corrected chi connectivity index (χ1v) is 12.1. The number of anilines is 3. The van der Waals surface area contributed by atoms with Crippen molar-refractivity contribution in [2.24, 2.45) is 0 Å². The van der Waals surface area contributed by atoms with E-state index in [-0.39, 0.29) is 17.5 Å². The molecule has 1 saturated heterocycles. The van der Waals surface area contributed by atoms with Crippen molar-refractivity contribution in [3.05, 3.63) is 95.9 Å². The van der Waals surface area contributed by atoms with Gasteiger partial charge in [-0.15, -0.1) is 0 Å². The van der Waals surface area contributed by atoms with Gasteiger partial charge >= 0.3 is 12.2 Å². The Morgan fingerprint density at radius 2 is 1.44 bits per heavy atom. The molecule has 0 unspecified atom stereocenters. The average Bonchev–Trinajstić information content (AvgIpc) is 2.94. The quantitative estimate of drug-likeness (QED) is 0.307. The molecule has 1 aromatic heterocycles. The molecule has 3 amide bonds. The van der Waals surface area contributed by atoms with E-state index in [4.69, 9.17) is 0 Å². The molecule has 1 fully saturated rings. The number of aromatic nitrogens is 1. The standard InChI is InChI=1S/C28H23F4N5O2/c29-20-4-8-22(9-5-20)35-27(39)37-15-13-36(14-16-37)26(38)18-1-6-21(7-2-18)34-24-11-12-33-25-17-19(28(30,31)32)3-10-23(24)25/h1-12,17H,13-16H2,(H,33,34)(H,35,39). The van der Waals surface area contributed by atoms with E-state index >= 15 is 0 Å². The smallest absolute Gasteiger partial charge is 0.355 e. The Labute approximate surface area is 221 Å². The summed E-state index contributed by atoms with van der Waals surface area (Å²) in [6.45, 7) is 1.42. The number of carbonyl (C=O) groups excluding carboxylic acids is 2.